The molecule has 1 atom stereocenters. The predicted octanol–water partition coefficient (Wildman–Crippen LogP) is 2.95. The second-order valence-electron chi connectivity index (χ2n) is 3.74. The van der Waals surface area contributed by atoms with Gasteiger partial charge in [0.15, 0.2) is 0 Å². The van der Waals surface area contributed by atoms with Crippen LogP contribution in [-0.2, 0) is 9.84 Å². The first-order valence-electron chi connectivity index (χ1n) is 4.68. The van der Waals surface area contributed by atoms with Crippen LogP contribution >= 0.6 is 27.5 Å². The molecule has 0 saturated carbocycles. The van der Waals surface area contributed by atoms with Crippen LogP contribution in [0.3, 0.4) is 0 Å². The summed E-state index contributed by atoms with van der Waals surface area (Å²) in [5.41, 5.74) is 0.795. The van der Waals surface area contributed by atoms with Crippen molar-refractivity contribution < 1.29 is 8.42 Å². The lowest BCUT2D eigenvalue weighted by Crippen LogP contribution is -2.25. The average Bonchev–Trinajstić information content (AvgIpc) is 2.09. The number of benzene rings is 1. The van der Waals surface area contributed by atoms with E-state index in [9.17, 15) is 8.42 Å². The Morgan fingerprint density at radius 2 is 2.12 bits per heavy atom. The first-order chi connectivity index (χ1) is 7.29. The van der Waals surface area contributed by atoms with E-state index in [1.807, 2.05) is 19.1 Å². The third kappa shape index (κ3) is 4.31. The highest BCUT2D eigenvalue weighted by atomic mass is 79.9. The van der Waals surface area contributed by atoms with Crippen molar-refractivity contribution in [2.45, 2.75) is 13.0 Å². The molecule has 0 aliphatic carbocycles. The fraction of sp³-hybridized carbons (Fsp3) is 0.400. The maximum atomic E-state index is 11.1. The van der Waals surface area contributed by atoms with Gasteiger partial charge in [0.05, 0.1) is 20.9 Å². The summed E-state index contributed by atoms with van der Waals surface area (Å²) in [6.45, 7) is 1.81. The first-order valence-corrected chi connectivity index (χ1v) is 7.91. The van der Waals surface area contributed by atoms with Gasteiger partial charge in [-0.1, -0.05) is 17.7 Å². The molecular weight excluding hydrogens is 314 g/mol. The Morgan fingerprint density at radius 1 is 1.50 bits per heavy atom. The van der Waals surface area contributed by atoms with E-state index in [-0.39, 0.29) is 11.8 Å². The number of anilines is 1. The smallest absolute Gasteiger partial charge is 0.149 e. The van der Waals surface area contributed by atoms with E-state index in [1.54, 1.807) is 6.07 Å². The normalized spacial score (nSPS) is 13.5. The summed E-state index contributed by atoms with van der Waals surface area (Å²) in [5, 5.41) is 3.69. The van der Waals surface area contributed by atoms with Crippen LogP contribution in [0.15, 0.2) is 22.7 Å². The van der Waals surface area contributed by atoms with Gasteiger partial charge in [-0.15, -0.1) is 0 Å². The lowest BCUT2D eigenvalue weighted by molar-refractivity contribution is 0.598. The lowest BCUT2D eigenvalue weighted by atomic mass is 10.3. The van der Waals surface area contributed by atoms with E-state index in [0.29, 0.717) is 5.02 Å². The number of rotatable bonds is 4. The minimum atomic E-state index is -2.98. The molecule has 1 aromatic carbocycles. The standard InChI is InChI=1S/C10H13BrClNO2S/c1-7(6-16(2,14)15)13-9-5-3-4-8(12)10(9)11/h3-5,7,13H,6H2,1-2H3. The molecule has 0 bridgehead atoms. The molecule has 0 radical (unpaired) electrons. The molecule has 90 valence electrons. The number of nitrogens with one attached hydrogen (secondary N) is 1. The summed E-state index contributed by atoms with van der Waals surface area (Å²) in [4.78, 5) is 0. The van der Waals surface area contributed by atoms with Crippen molar-refractivity contribution in [2.24, 2.45) is 0 Å². The third-order valence-electron chi connectivity index (χ3n) is 1.91. The zero-order chi connectivity index (χ0) is 12.3. The van der Waals surface area contributed by atoms with Gasteiger partial charge < -0.3 is 5.32 Å². The van der Waals surface area contributed by atoms with E-state index in [1.165, 1.54) is 6.26 Å². The van der Waals surface area contributed by atoms with Crippen molar-refractivity contribution in [2.75, 3.05) is 17.3 Å². The minimum Gasteiger partial charge on any atom is -0.381 e. The molecule has 0 heterocycles. The molecule has 1 unspecified atom stereocenters. The van der Waals surface area contributed by atoms with Crippen molar-refractivity contribution in [3.05, 3.63) is 27.7 Å². The summed E-state index contributed by atoms with van der Waals surface area (Å²) >= 11 is 9.27. The quantitative estimate of drug-likeness (QED) is 0.925. The first kappa shape index (κ1) is 13.8. The molecule has 0 aromatic heterocycles. The van der Waals surface area contributed by atoms with E-state index in [2.05, 4.69) is 21.2 Å². The highest BCUT2D eigenvalue weighted by molar-refractivity contribution is 9.10. The molecule has 0 aliphatic heterocycles. The molecule has 0 amide bonds. The van der Waals surface area contributed by atoms with Crippen molar-refractivity contribution in [1.29, 1.82) is 0 Å². The molecule has 0 spiro atoms. The van der Waals surface area contributed by atoms with Gasteiger partial charge in [-0.25, -0.2) is 8.42 Å². The zero-order valence-corrected chi connectivity index (χ0v) is 12.2. The molecule has 6 heteroatoms. The van der Waals surface area contributed by atoms with Crippen LogP contribution in [0.4, 0.5) is 5.69 Å². The fourth-order valence-electron chi connectivity index (χ4n) is 1.38. The van der Waals surface area contributed by atoms with Gasteiger partial charge in [0.25, 0.3) is 0 Å². The Bertz CT molecular complexity index is 476. The van der Waals surface area contributed by atoms with Crippen LogP contribution < -0.4 is 5.32 Å². The summed E-state index contributed by atoms with van der Waals surface area (Å²) < 4.78 is 23.0. The Balaban J connectivity index is 2.77. The topological polar surface area (TPSA) is 46.2 Å². The number of sulfone groups is 1. The number of hydrogen-bond acceptors (Lipinski definition) is 3. The van der Waals surface area contributed by atoms with Gasteiger partial charge in [-0.05, 0) is 35.0 Å². The van der Waals surface area contributed by atoms with Gasteiger partial charge in [0, 0.05) is 12.3 Å². The molecular formula is C10H13BrClNO2S. The summed E-state index contributed by atoms with van der Waals surface area (Å²) in [6.07, 6.45) is 1.22. The van der Waals surface area contributed by atoms with Crippen LogP contribution in [0.2, 0.25) is 5.02 Å². The van der Waals surface area contributed by atoms with Crippen LogP contribution in [0.1, 0.15) is 6.92 Å². The Kier molecular flexibility index (Phi) is 4.64. The van der Waals surface area contributed by atoms with Crippen LogP contribution in [0.25, 0.3) is 0 Å². The summed E-state index contributed by atoms with van der Waals surface area (Å²) in [6, 6.07) is 5.25. The van der Waals surface area contributed by atoms with E-state index in [0.717, 1.165) is 10.2 Å². The van der Waals surface area contributed by atoms with E-state index in [4.69, 9.17) is 11.6 Å². The van der Waals surface area contributed by atoms with Gasteiger partial charge in [0.2, 0.25) is 0 Å². The molecule has 1 aromatic rings. The van der Waals surface area contributed by atoms with Crippen LogP contribution in [0, 0.1) is 0 Å². The van der Waals surface area contributed by atoms with Crippen LogP contribution in [-0.4, -0.2) is 26.5 Å². The molecule has 1 rings (SSSR count). The minimum absolute atomic E-state index is 0.0892. The largest absolute Gasteiger partial charge is 0.381 e. The van der Waals surface area contributed by atoms with Crippen molar-refractivity contribution in [1.82, 2.24) is 0 Å². The van der Waals surface area contributed by atoms with Crippen LogP contribution in [0.5, 0.6) is 0 Å². The molecule has 3 nitrogen and oxygen atoms in total. The Morgan fingerprint density at radius 3 is 2.69 bits per heavy atom. The van der Waals surface area contributed by atoms with Gasteiger partial charge >= 0.3 is 0 Å². The van der Waals surface area contributed by atoms with E-state index >= 15 is 0 Å². The van der Waals surface area contributed by atoms with Gasteiger partial charge in [-0.2, -0.15) is 0 Å². The maximum absolute atomic E-state index is 11.1. The molecule has 16 heavy (non-hydrogen) atoms. The number of hydrogen-bond donors (Lipinski definition) is 1. The van der Waals surface area contributed by atoms with Crippen molar-refractivity contribution in [3.63, 3.8) is 0 Å². The predicted molar refractivity (Wildman–Crippen MR) is 71.9 cm³/mol. The van der Waals surface area contributed by atoms with Gasteiger partial charge in [0.1, 0.15) is 9.84 Å². The Hall–Kier alpha value is -0.260. The van der Waals surface area contributed by atoms with Crippen molar-refractivity contribution >= 4 is 43.1 Å². The molecule has 0 fully saturated rings. The number of halogens is 2. The second kappa shape index (κ2) is 5.38. The third-order valence-corrected chi connectivity index (χ3v) is 4.41. The van der Waals surface area contributed by atoms with Gasteiger partial charge in [-0.3, -0.25) is 0 Å². The summed E-state index contributed by atoms with van der Waals surface area (Å²) in [5.74, 6) is 0.0892. The average molecular weight is 327 g/mol. The molecule has 0 aliphatic rings. The highest BCUT2D eigenvalue weighted by Crippen LogP contribution is 2.30. The highest BCUT2D eigenvalue weighted by Gasteiger charge is 2.12. The molecule has 1 N–H and O–H groups in total. The molecule has 0 saturated heterocycles. The maximum Gasteiger partial charge on any atom is 0.149 e. The second-order valence-corrected chi connectivity index (χ2v) is 7.12. The van der Waals surface area contributed by atoms with Crippen molar-refractivity contribution in [3.8, 4) is 0 Å². The SMILES string of the molecule is CC(CS(C)(=O)=O)Nc1cccc(Cl)c1Br. The fourth-order valence-corrected chi connectivity index (χ4v) is 2.92. The summed E-state index contributed by atoms with van der Waals surface area (Å²) in [7, 11) is -2.98. The lowest BCUT2D eigenvalue weighted by Gasteiger charge is -2.15. The monoisotopic (exact) mass is 325 g/mol. The zero-order valence-electron chi connectivity index (χ0n) is 9.00. The Labute approximate surface area is 109 Å². The van der Waals surface area contributed by atoms with E-state index < -0.39 is 9.84 Å².